The Hall–Kier alpha value is -0.260. The predicted molar refractivity (Wildman–Crippen MR) is 83.9 cm³/mol. The van der Waals surface area contributed by atoms with Crippen molar-refractivity contribution in [1.82, 2.24) is 4.90 Å². The van der Waals surface area contributed by atoms with Crippen molar-refractivity contribution in [2.75, 3.05) is 24.7 Å². The highest BCUT2D eigenvalue weighted by Crippen LogP contribution is 2.25. The smallest absolute Gasteiger partial charge is 0.222 e. The van der Waals surface area contributed by atoms with Gasteiger partial charge in [0.2, 0.25) is 5.91 Å². The van der Waals surface area contributed by atoms with E-state index in [2.05, 4.69) is 4.90 Å². The van der Waals surface area contributed by atoms with Gasteiger partial charge in [0.1, 0.15) is 0 Å². The van der Waals surface area contributed by atoms with Gasteiger partial charge in [0.05, 0.1) is 6.10 Å². The van der Waals surface area contributed by atoms with E-state index < -0.39 is 0 Å². The molecule has 20 heavy (non-hydrogen) atoms. The monoisotopic (exact) mass is 300 g/mol. The lowest BCUT2D eigenvalue weighted by molar-refractivity contribution is -0.135. The summed E-state index contributed by atoms with van der Waals surface area (Å²) in [5.74, 6) is 2.57. The van der Waals surface area contributed by atoms with Gasteiger partial charge in [-0.2, -0.15) is 11.8 Å². The number of rotatable bonds is 7. The molecular formula is C15H28N2O2S. The summed E-state index contributed by atoms with van der Waals surface area (Å²) < 4.78 is 5.72. The Morgan fingerprint density at radius 3 is 2.95 bits per heavy atom. The van der Waals surface area contributed by atoms with E-state index >= 15 is 0 Å². The van der Waals surface area contributed by atoms with Gasteiger partial charge in [-0.3, -0.25) is 4.79 Å². The summed E-state index contributed by atoms with van der Waals surface area (Å²) in [7, 11) is 0. The topological polar surface area (TPSA) is 55.6 Å². The zero-order valence-corrected chi connectivity index (χ0v) is 13.4. The standard InChI is InChI=1S/C15H28N2O2S/c1-12(16)4-2-6-15(18)17(13-7-9-20-11-13)10-14-5-3-8-19-14/h12-14H,2-11,16H2,1H3. The van der Waals surface area contributed by atoms with Gasteiger partial charge in [0, 0.05) is 37.4 Å². The third-order valence-electron chi connectivity index (χ3n) is 4.14. The first-order valence-corrected chi connectivity index (χ1v) is 9.06. The molecule has 2 heterocycles. The van der Waals surface area contributed by atoms with Crippen molar-refractivity contribution >= 4 is 17.7 Å². The molecule has 0 bridgehead atoms. The number of nitrogens with two attached hydrogens (primary N) is 1. The number of hydrogen-bond acceptors (Lipinski definition) is 4. The molecule has 2 fully saturated rings. The van der Waals surface area contributed by atoms with E-state index in [-0.39, 0.29) is 12.1 Å². The van der Waals surface area contributed by atoms with E-state index in [9.17, 15) is 4.79 Å². The lowest BCUT2D eigenvalue weighted by Gasteiger charge is -2.31. The summed E-state index contributed by atoms with van der Waals surface area (Å²) in [6.45, 7) is 3.65. The first-order chi connectivity index (χ1) is 9.66. The van der Waals surface area contributed by atoms with Crippen LogP contribution < -0.4 is 5.73 Å². The summed E-state index contributed by atoms with van der Waals surface area (Å²) >= 11 is 1.96. The molecule has 0 spiro atoms. The van der Waals surface area contributed by atoms with Crippen LogP contribution in [0.1, 0.15) is 45.4 Å². The van der Waals surface area contributed by atoms with Gasteiger partial charge >= 0.3 is 0 Å². The van der Waals surface area contributed by atoms with Crippen molar-refractivity contribution in [3.05, 3.63) is 0 Å². The quantitative estimate of drug-likeness (QED) is 0.781. The molecule has 5 heteroatoms. The normalized spacial score (nSPS) is 27.7. The van der Waals surface area contributed by atoms with Gasteiger partial charge in [-0.25, -0.2) is 0 Å². The Labute approximate surface area is 126 Å². The van der Waals surface area contributed by atoms with Crippen LogP contribution in [0.4, 0.5) is 0 Å². The van der Waals surface area contributed by atoms with Crippen molar-refractivity contribution in [3.8, 4) is 0 Å². The van der Waals surface area contributed by atoms with Crippen molar-refractivity contribution in [2.24, 2.45) is 5.73 Å². The molecule has 2 saturated heterocycles. The first-order valence-electron chi connectivity index (χ1n) is 7.91. The SMILES string of the molecule is CC(N)CCCC(=O)N(CC1CCCO1)C1CCSC1. The highest BCUT2D eigenvalue weighted by molar-refractivity contribution is 7.99. The Balaban J connectivity index is 1.85. The van der Waals surface area contributed by atoms with Crippen LogP contribution in [-0.4, -0.2) is 53.7 Å². The Bertz CT molecular complexity index is 300. The molecule has 2 aliphatic heterocycles. The first kappa shape index (κ1) is 16.1. The minimum atomic E-state index is 0.191. The van der Waals surface area contributed by atoms with Crippen molar-refractivity contribution in [1.29, 1.82) is 0 Å². The Kier molecular flexibility index (Phi) is 6.65. The molecule has 0 radical (unpaired) electrons. The van der Waals surface area contributed by atoms with Crippen molar-refractivity contribution < 1.29 is 9.53 Å². The van der Waals surface area contributed by atoms with Crippen LogP contribution in [0.2, 0.25) is 0 Å². The molecule has 116 valence electrons. The van der Waals surface area contributed by atoms with Gasteiger partial charge in [-0.15, -0.1) is 0 Å². The second kappa shape index (κ2) is 8.25. The van der Waals surface area contributed by atoms with Crippen LogP contribution in [-0.2, 0) is 9.53 Å². The number of thioether (sulfide) groups is 1. The number of hydrogen-bond donors (Lipinski definition) is 1. The van der Waals surface area contributed by atoms with Gasteiger partial charge in [0.15, 0.2) is 0 Å². The van der Waals surface area contributed by atoms with Gasteiger partial charge in [0.25, 0.3) is 0 Å². The maximum Gasteiger partial charge on any atom is 0.222 e. The predicted octanol–water partition coefficient (Wildman–Crippen LogP) is 2.02. The van der Waals surface area contributed by atoms with Crippen LogP contribution in [0, 0.1) is 0 Å². The molecule has 2 N–H and O–H groups in total. The molecule has 0 saturated carbocycles. The van der Waals surface area contributed by atoms with Gasteiger partial charge in [-0.1, -0.05) is 0 Å². The summed E-state index contributed by atoms with van der Waals surface area (Å²) in [6.07, 6.45) is 6.10. The Morgan fingerprint density at radius 2 is 2.35 bits per heavy atom. The third-order valence-corrected chi connectivity index (χ3v) is 5.29. The second-order valence-electron chi connectivity index (χ2n) is 6.07. The molecule has 2 aliphatic rings. The van der Waals surface area contributed by atoms with Crippen LogP contribution in [0.25, 0.3) is 0 Å². The maximum absolute atomic E-state index is 12.5. The fourth-order valence-corrected chi connectivity index (χ4v) is 4.17. The molecule has 0 aromatic rings. The fraction of sp³-hybridized carbons (Fsp3) is 0.933. The third kappa shape index (κ3) is 4.93. The highest BCUT2D eigenvalue weighted by atomic mass is 32.2. The minimum absolute atomic E-state index is 0.191. The molecule has 2 rings (SSSR count). The molecule has 3 atom stereocenters. The number of ether oxygens (including phenoxy) is 1. The highest BCUT2D eigenvalue weighted by Gasteiger charge is 2.30. The molecule has 1 amide bonds. The Morgan fingerprint density at radius 1 is 1.50 bits per heavy atom. The van der Waals surface area contributed by atoms with Gasteiger partial charge in [-0.05, 0) is 44.8 Å². The zero-order valence-electron chi connectivity index (χ0n) is 12.6. The average molecular weight is 300 g/mol. The summed E-state index contributed by atoms with van der Waals surface area (Å²) in [5, 5.41) is 0. The molecule has 0 aromatic heterocycles. The lowest BCUT2D eigenvalue weighted by Crippen LogP contribution is -2.44. The van der Waals surface area contributed by atoms with Crippen molar-refractivity contribution in [2.45, 2.75) is 63.6 Å². The lowest BCUT2D eigenvalue weighted by atomic mass is 10.1. The molecular weight excluding hydrogens is 272 g/mol. The minimum Gasteiger partial charge on any atom is -0.376 e. The molecule has 0 aliphatic carbocycles. The van der Waals surface area contributed by atoms with Crippen LogP contribution in [0.5, 0.6) is 0 Å². The maximum atomic E-state index is 12.5. The second-order valence-corrected chi connectivity index (χ2v) is 7.22. The van der Waals surface area contributed by atoms with Gasteiger partial charge < -0.3 is 15.4 Å². The summed E-state index contributed by atoms with van der Waals surface area (Å²) in [4.78, 5) is 14.6. The van der Waals surface area contributed by atoms with Crippen molar-refractivity contribution in [3.63, 3.8) is 0 Å². The number of carbonyl (C=O) groups excluding carboxylic acids is 1. The fourth-order valence-electron chi connectivity index (χ4n) is 2.95. The van der Waals surface area contributed by atoms with Crippen LogP contribution in [0.3, 0.4) is 0 Å². The van der Waals surface area contributed by atoms with E-state index in [1.165, 1.54) is 5.75 Å². The number of amides is 1. The summed E-state index contributed by atoms with van der Waals surface area (Å²) in [6, 6.07) is 0.614. The average Bonchev–Trinajstić information content (AvgIpc) is 3.08. The van der Waals surface area contributed by atoms with E-state index in [4.69, 9.17) is 10.5 Å². The molecule has 4 nitrogen and oxygen atoms in total. The zero-order chi connectivity index (χ0) is 14.4. The summed E-state index contributed by atoms with van der Waals surface area (Å²) in [5.41, 5.74) is 5.76. The van der Waals surface area contributed by atoms with Crippen LogP contribution in [0.15, 0.2) is 0 Å². The largest absolute Gasteiger partial charge is 0.376 e. The van der Waals surface area contributed by atoms with E-state index in [0.29, 0.717) is 18.4 Å². The molecule has 3 unspecified atom stereocenters. The number of carbonyl (C=O) groups is 1. The number of nitrogens with zero attached hydrogens (tertiary/aromatic N) is 1. The van der Waals surface area contributed by atoms with E-state index in [1.54, 1.807) is 0 Å². The van der Waals surface area contributed by atoms with Crippen LogP contribution >= 0.6 is 11.8 Å². The van der Waals surface area contributed by atoms with E-state index in [1.807, 2.05) is 18.7 Å². The molecule has 0 aromatic carbocycles. The van der Waals surface area contributed by atoms with E-state index in [0.717, 1.165) is 51.0 Å².